The van der Waals surface area contributed by atoms with Crippen LogP contribution in [0.5, 0.6) is 0 Å². The Kier molecular flexibility index (Phi) is 3.37. The van der Waals surface area contributed by atoms with Gasteiger partial charge in [-0.05, 0) is 41.9 Å². The molecule has 0 amide bonds. The van der Waals surface area contributed by atoms with E-state index >= 15 is 0 Å². The number of benzene rings is 1. The molecule has 7 heteroatoms. The number of sulfonamides is 1. The van der Waals surface area contributed by atoms with E-state index in [9.17, 15) is 8.42 Å². The number of nitrogens with two attached hydrogens (primary N) is 1. The minimum atomic E-state index is -3.66. The van der Waals surface area contributed by atoms with Gasteiger partial charge in [0, 0.05) is 12.3 Å². The molecule has 0 aliphatic heterocycles. The smallest absolute Gasteiger partial charge is 0.238 e. The SMILES string of the molecule is CC1(C)[C@@H](c2ccc(S(N)(=O)=O)cc2)[C@@H]1c1nnc(CC2CC2)o1. The molecule has 1 aromatic heterocycles. The summed E-state index contributed by atoms with van der Waals surface area (Å²) >= 11 is 0. The first-order valence-corrected chi connectivity index (χ1v) is 9.76. The maximum absolute atomic E-state index is 11.4. The second kappa shape index (κ2) is 5.13. The van der Waals surface area contributed by atoms with E-state index in [1.54, 1.807) is 12.1 Å². The number of primary sulfonamides is 1. The predicted octanol–water partition coefficient (Wildman–Crippen LogP) is 2.58. The van der Waals surface area contributed by atoms with Crippen LogP contribution in [-0.2, 0) is 16.4 Å². The van der Waals surface area contributed by atoms with Crippen molar-refractivity contribution in [2.75, 3.05) is 0 Å². The fourth-order valence-electron chi connectivity index (χ4n) is 3.63. The number of hydrogen-bond acceptors (Lipinski definition) is 5. The zero-order valence-electron chi connectivity index (χ0n) is 13.8. The van der Waals surface area contributed by atoms with Crippen molar-refractivity contribution in [2.45, 2.75) is 49.8 Å². The maximum atomic E-state index is 11.4. The Balaban J connectivity index is 1.56. The molecule has 1 aromatic carbocycles. The van der Waals surface area contributed by atoms with Crippen molar-refractivity contribution < 1.29 is 12.8 Å². The number of hydrogen-bond donors (Lipinski definition) is 1. The first-order chi connectivity index (χ1) is 11.3. The Hall–Kier alpha value is -1.73. The summed E-state index contributed by atoms with van der Waals surface area (Å²) in [7, 11) is -3.66. The van der Waals surface area contributed by atoms with E-state index in [1.807, 2.05) is 12.1 Å². The van der Waals surface area contributed by atoms with Gasteiger partial charge in [-0.25, -0.2) is 13.6 Å². The van der Waals surface area contributed by atoms with E-state index in [0.717, 1.165) is 17.9 Å². The summed E-state index contributed by atoms with van der Waals surface area (Å²) in [5.74, 6) is 2.54. The molecule has 128 valence electrons. The minimum absolute atomic E-state index is 0.00644. The van der Waals surface area contributed by atoms with Crippen molar-refractivity contribution in [3.63, 3.8) is 0 Å². The lowest BCUT2D eigenvalue weighted by Gasteiger charge is -2.04. The molecule has 0 bridgehead atoms. The van der Waals surface area contributed by atoms with Crippen molar-refractivity contribution in [1.29, 1.82) is 0 Å². The summed E-state index contributed by atoms with van der Waals surface area (Å²) in [6.45, 7) is 4.33. The summed E-state index contributed by atoms with van der Waals surface area (Å²) in [6.07, 6.45) is 3.39. The van der Waals surface area contributed by atoms with Gasteiger partial charge >= 0.3 is 0 Å². The molecule has 0 saturated heterocycles. The molecule has 0 unspecified atom stereocenters. The van der Waals surface area contributed by atoms with Gasteiger partial charge in [0.25, 0.3) is 0 Å². The molecule has 4 rings (SSSR count). The molecule has 0 spiro atoms. The van der Waals surface area contributed by atoms with Crippen LogP contribution in [0.15, 0.2) is 33.6 Å². The molecule has 2 aliphatic rings. The topological polar surface area (TPSA) is 99.1 Å². The standard InChI is InChI=1S/C17H21N3O3S/c1-17(2)14(11-5-7-12(8-6-11)24(18,21)22)15(17)16-20-19-13(23-16)9-10-3-4-10/h5-8,10,14-15H,3-4,9H2,1-2H3,(H2,18,21,22)/t14-,15+/m0/s1. The highest BCUT2D eigenvalue weighted by Gasteiger charge is 2.61. The molecule has 24 heavy (non-hydrogen) atoms. The van der Waals surface area contributed by atoms with Crippen LogP contribution in [0, 0.1) is 11.3 Å². The lowest BCUT2D eigenvalue weighted by atomic mass is 10.0. The van der Waals surface area contributed by atoms with Gasteiger partial charge in [-0.2, -0.15) is 0 Å². The third kappa shape index (κ3) is 2.75. The van der Waals surface area contributed by atoms with Crippen molar-refractivity contribution in [1.82, 2.24) is 10.2 Å². The Bertz CT molecular complexity index is 867. The van der Waals surface area contributed by atoms with Crippen LogP contribution in [0.25, 0.3) is 0 Å². The summed E-state index contributed by atoms with van der Waals surface area (Å²) in [5.41, 5.74) is 1.08. The molecule has 6 nitrogen and oxygen atoms in total. The summed E-state index contributed by atoms with van der Waals surface area (Å²) < 4.78 is 28.7. The lowest BCUT2D eigenvalue weighted by molar-refractivity contribution is 0.425. The summed E-state index contributed by atoms with van der Waals surface area (Å²) in [4.78, 5) is 0.130. The number of nitrogens with zero attached hydrogens (tertiary/aromatic N) is 2. The fourth-order valence-corrected chi connectivity index (χ4v) is 4.14. The molecule has 1 heterocycles. The second-order valence-electron chi connectivity index (χ2n) is 7.57. The van der Waals surface area contributed by atoms with Crippen LogP contribution in [-0.4, -0.2) is 18.6 Å². The van der Waals surface area contributed by atoms with Crippen LogP contribution in [0.4, 0.5) is 0 Å². The highest BCUT2D eigenvalue weighted by Crippen LogP contribution is 2.69. The largest absolute Gasteiger partial charge is 0.425 e. The third-order valence-corrected chi connectivity index (χ3v) is 6.23. The molecule has 0 radical (unpaired) electrons. The maximum Gasteiger partial charge on any atom is 0.238 e. The Morgan fingerprint density at radius 2 is 1.83 bits per heavy atom. The molecule has 2 aliphatic carbocycles. The van der Waals surface area contributed by atoms with Crippen LogP contribution in [0.3, 0.4) is 0 Å². The zero-order chi connectivity index (χ0) is 17.1. The zero-order valence-corrected chi connectivity index (χ0v) is 14.6. The first-order valence-electron chi connectivity index (χ1n) is 8.22. The second-order valence-corrected chi connectivity index (χ2v) is 9.13. The summed E-state index contributed by atoms with van der Waals surface area (Å²) in [6, 6.07) is 6.77. The molecule has 2 fully saturated rings. The van der Waals surface area contributed by atoms with E-state index in [1.165, 1.54) is 12.8 Å². The number of rotatable bonds is 5. The molecule has 2 aromatic rings. The van der Waals surface area contributed by atoms with Crippen molar-refractivity contribution in [3.8, 4) is 0 Å². The van der Waals surface area contributed by atoms with E-state index < -0.39 is 10.0 Å². The van der Waals surface area contributed by atoms with Gasteiger partial charge in [0.05, 0.1) is 10.8 Å². The summed E-state index contributed by atoms with van der Waals surface area (Å²) in [5, 5.41) is 13.6. The van der Waals surface area contributed by atoms with Crippen molar-refractivity contribution in [3.05, 3.63) is 41.6 Å². The molecular formula is C17H21N3O3S. The van der Waals surface area contributed by atoms with Crippen LogP contribution >= 0.6 is 0 Å². The quantitative estimate of drug-likeness (QED) is 0.896. The average Bonchev–Trinajstić information content (AvgIpc) is 3.35. The average molecular weight is 347 g/mol. The normalized spacial score (nSPS) is 25.6. The first kappa shape index (κ1) is 15.8. The van der Waals surface area contributed by atoms with Crippen molar-refractivity contribution >= 4 is 10.0 Å². The van der Waals surface area contributed by atoms with Gasteiger partial charge in [-0.15, -0.1) is 10.2 Å². The predicted molar refractivity (Wildman–Crippen MR) is 87.8 cm³/mol. The van der Waals surface area contributed by atoms with Gasteiger partial charge in [-0.3, -0.25) is 0 Å². The van der Waals surface area contributed by atoms with Crippen LogP contribution < -0.4 is 5.14 Å². The van der Waals surface area contributed by atoms with E-state index in [2.05, 4.69) is 24.0 Å². The van der Waals surface area contributed by atoms with Gasteiger partial charge in [0.2, 0.25) is 21.8 Å². The third-order valence-electron chi connectivity index (χ3n) is 5.30. The van der Waals surface area contributed by atoms with E-state index in [0.29, 0.717) is 11.8 Å². The van der Waals surface area contributed by atoms with Gasteiger partial charge in [-0.1, -0.05) is 26.0 Å². The van der Waals surface area contributed by atoms with Crippen LogP contribution in [0.1, 0.15) is 55.9 Å². The monoisotopic (exact) mass is 347 g/mol. The molecule has 2 N–H and O–H groups in total. The van der Waals surface area contributed by atoms with Gasteiger partial charge < -0.3 is 4.42 Å². The van der Waals surface area contributed by atoms with E-state index in [4.69, 9.17) is 9.56 Å². The van der Waals surface area contributed by atoms with Crippen molar-refractivity contribution in [2.24, 2.45) is 16.5 Å². The lowest BCUT2D eigenvalue weighted by Crippen LogP contribution is -2.11. The van der Waals surface area contributed by atoms with Crippen LogP contribution in [0.2, 0.25) is 0 Å². The van der Waals surface area contributed by atoms with Gasteiger partial charge in [0.15, 0.2) is 0 Å². The fraction of sp³-hybridized carbons (Fsp3) is 0.529. The van der Waals surface area contributed by atoms with Gasteiger partial charge in [0.1, 0.15) is 0 Å². The highest BCUT2D eigenvalue weighted by molar-refractivity contribution is 7.89. The number of aromatic nitrogens is 2. The Morgan fingerprint density at radius 1 is 1.17 bits per heavy atom. The molecule has 2 atom stereocenters. The minimum Gasteiger partial charge on any atom is -0.425 e. The highest BCUT2D eigenvalue weighted by atomic mass is 32.2. The molecule has 2 saturated carbocycles. The Labute approximate surface area is 141 Å². The van der Waals surface area contributed by atoms with E-state index in [-0.39, 0.29) is 22.1 Å². The molecular weight excluding hydrogens is 326 g/mol. The Morgan fingerprint density at radius 3 is 2.42 bits per heavy atom.